The van der Waals surface area contributed by atoms with Crippen LogP contribution in [0.2, 0.25) is 0 Å². The number of amides is 4. The SMILES string of the molecule is C=C(C)C(=O)NC(=O)OCc1ccc(COC(=O)NC(=O)C(=C)C)o1. The minimum Gasteiger partial charge on any atom is -0.459 e. The molecule has 0 saturated heterocycles. The molecular formula is C16H18N2O7. The number of hydrogen-bond donors (Lipinski definition) is 2. The molecule has 0 aliphatic rings. The monoisotopic (exact) mass is 350 g/mol. The van der Waals surface area contributed by atoms with Gasteiger partial charge in [-0.05, 0) is 26.0 Å². The van der Waals surface area contributed by atoms with E-state index in [1.165, 1.54) is 26.0 Å². The molecule has 0 unspecified atom stereocenters. The Balaban J connectivity index is 2.39. The van der Waals surface area contributed by atoms with Gasteiger partial charge in [0.2, 0.25) is 0 Å². The minimum absolute atomic E-state index is 0.165. The van der Waals surface area contributed by atoms with Crippen LogP contribution in [0.5, 0.6) is 0 Å². The summed E-state index contributed by atoms with van der Waals surface area (Å²) in [4.78, 5) is 45.1. The van der Waals surface area contributed by atoms with Gasteiger partial charge in [-0.1, -0.05) is 13.2 Å². The van der Waals surface area contributed by atoms with Gasteiger partial charge in [0.05, 0.1) is 0 Å². The van der Waals surface area contributed by atoms with Crippen molar-refractivity contribution in [2.75, 3.05) is 0 Å². The van der Waals surface area contributed by atoms with Crippen molar-refractivity contribution in [3.05, 3.63) is 48.0 Å². The second-order valence-corrected chi connectivity index (χ2v) is 4.99. The second-order valence-electron chi connectivity index (χ2n) is 4.99. The van der Waals surface area contributed by atoms with E-state index in [2.05, 4.69) is 13.2 Å². The van der Waals surface area contributed by atoms with Gasteiger partial charge in [0.15, 0.2) is 13.2 Å². The summed E-state index contributed by atoms with van der Waals surface area (Å²) in [7, 11) is 0. The summed E-state index contributed by atoms with van der Waals surface area (Å²) in [6, 6.07) is 3.01. The summed E-state index contributed by atoms with van der Waals surface area (Å²) in [5, 5.41) is 3.93. The van der Waals surface area contributed by atoms with Crippen molar-refractivity contribution >= 4 is 24.0 Å². The fourth-order valence-electron chi connectivity index (χ4n) is 1.32. The number of rotatable bonds is 6. The zero-order valence-corrected chi connectivity index (χ0v) is 13.8. The predicted octanol–water partition coefficient (Wildman–Crippen LogP) is 1.94. The molecule has 4 amide bonds. The maximum absolute atomic E-state index is 11.4. The number of ether oxygens (including phenoxy) is 2. The van der Waals surface area contributed by atoms with E-state index in [0.29, 0.717) is 0 Å². The maximum atomic E-state index is 11.4. The van der Waals surface area contributed by atoms with Gasteiger partial charge in [0.1, 0.15) is 11.5 Å². The molecule has 0 atom stereocenters. The second kappa shape index (κ2) is 9.06. The first kappa shape index (κ1) is 19.7. The van der Waals surface area contributed by atoms with Crippen LogP contribution in [0.25, 0.3) is 0 Å². The lowest BCUT2D eigenvalue weighted by atomic mass is 10.3. The van der Waals surface area contributed by atoms with E-state index in [9.17, 15) is 19.2 Å². The van der Waals surface area contributed by atoms with E-state index < -0.39 is 24.0 Å². The van der Waals surface area contributed by atoms with Crippen LogP contribution < -0.4 is 10.6 Å². The number of imide groups is 2. The minimum atomic E-state index is -0.945. The van der Waals surface area contributed by atoms with Crippen LogP contribution in [0, 0.1) is 0 Å². The summed E-state index contributed by atoms with van der Waals surface area (Å²) in [6.45, 7) is 9.20. The van der Waals surface area contributed by atoms with E-state index in [0.717, 1.165) is 0 Å². The molecule has 0 bridgehead atoms. The molecule has 0 aromatic carbocycles. The molecule has 1 aromatic heterocycles. The molecule has 0 spiro atoms. The van der Waals surface area contributed by atoms with E-state index in [4.69, 9.17) is 13.9 Å². The van der Waals surface area contributed by atoms with Gasteiger partial charge >= 0.3 is 12.2 Å². The smallest absolute Gasteiger partial charge is 0.414 e. The maximum Gasteiger partial charge on any atom is 0.414 e. The molecule has 0 radical (unpaired) electrons. The fourth-order valence-corrected chi connectivity index (χ4v) is 1.32. The Kier molecular flexibility index (Phi) is 7.14. The third-order valence-corrected chi connectivity index (χ3v) is 2.61. The molecule has 9 heteroatoms. The van der Waals surface area contributed by atoms with Gasteiger partial charge in [-0.15, -0.1) is 0 Å². The molecule has 134 valence electrons. The van der Waals surface area contributed by atoms with E-state index >= 15 is 0 Å². The summed E-state index contributed by atoms with van der Waals surface area (Å²) in [5.41, 5.74) is 0.329. The highest BCUT2D eigenvalue weighted by atomic mass is 16.6. The Morgan fingerprint density at radius 3 is 1.56 bits per heavy atom. The van der Waals surface area contributed by atoms with Crippen molar-refractivity contribution < 1.29 is 33.1 Å². The van der Waals surface area contributed by atoms with Crippen molar-refractivity contribution in [3.63, 3.8) is 0 Å². The van der Waals surface area contributed by atoms with E-state index in [1.807, 2.05) is 10.6 Å². The van der Waals surface area contributed by atoms with E-state index in [1.54, 1.807) is 0 Å². The van der Waals surface area contributed by atoms with Gasteiger partial charge in [-0.25, -0.2) is 9.59 Å². The molecule has 1 rings (SSSR count). The van der Waals surface area contributed by atoms with Gasteiger partial charge in [-0.3, -0.25) is 20.2 Å². The highest BCUT2D eigenvalue weighted by molar-refractivity contribution is 6.02. The Bertz CT molecular complexity index is 659. The summed E-state index contributed by atoms with van der Waals surface area (Å²) in [6.07, 6.45) is -1.89. The van der Waals surface area contributed by atoms with Gasteiger partial charge in [0, 0.05) is 11.1 Å². The fraction of sp³-hybridized carbons (Fsp3) is 0.250. The van der Waals surface area contributed by atoms with Crippen LogP contribution in [0.4, 0.5) is 9.59 Å². The van der Waals surface area contributed by atoms with Crippen LogP contribution in [0.3, 0.4) is 0 Å². The van der Waals surface area contributed by atoms with Crippen molar-refractivity contribution in [2.24, 2.45) is 0 Å². The standard InChI is InChI=1S/C16H18N2O7/c1-9(2)13(19)17-15(21)23-7-11-5-6-12(25-11)8-24-16(22)18-14(20)10(3)4/h5-6H,1,3,7-8H2,2,4H3,(H,17,19,21)(H,18,20,22). The number of nitrogens with one attached hydrogen (secondary N) is 2. The molecular weight excluding hydrogens is 332 g/mol. The van der Waals surface area contributed by atoms with Crippen LogP contribution >= 0.6 is 0 Å². The summed E-state index contributed by atoms with van der Waals surface area (Å²) < 4.78 is 14.8. The van der Waals surface area contributed by atoms with Gasteiger partial charge < -0.3 is 13.9 Å². The van der Waals surface area contributed by atoms with Crippen molar-refractivity contribution in [3.8, 4) is 0 Å². The summed E-state index contributed by atoms with van der Waals surface area (Å²) >= 11 is 0. The van der Waals surface area contributed by atoms with E-state index in [-0.39, 0.29) is 35.9 Å². The average molecular weight is 350 g/mol. The largest absolute Gasteiger partial charge is 0.459 e. The molecule has 0 aliphatic carbocycles. The van der Waals surface area contributed by atoms with Crippen LogP contribution in [0.15, 0.2) is 40.9 Å². The number of hydrogen-bond acceptors (Lipinski definition) is 7. The first-order valence-electron chi connectivity index (χ1n) is 7.04. The Morgan fingerprint density at radius 1 is 0.880 bits per heavy atom. The number of alkyl carbamates (subject to hydrolysis) is 2. The molecule has 1 aromatic rings. The number of furan rings is 1. The highest BCUT2D eigenvalue weighted by Crippen LogP contribution is 2.10. The van der Waals surface area contributed by atoms with Crippen molar-refractivity contribution in [1.29, 1.82) is 0 Å². The lowest BCUT2D eigenvalue weighted by Crippen LogP contribution is -2.31. The third-order valence-electron chi connectivity index (χ3n) is 2.61. The lowest BCUT2D eigenvalue weighted by Gasteiger charge is -2.05. The topological polar surface area (TPSA) is 124 Å². The molecule has 25 heavy (non-hydrogen) atoms. The number of carbonyl (C=O) groups excluding carboxylic acids is 4. The molecule has 0 aliphatic heterocycles. The molecule has 0 fully saturated rings. The van der Waals surface area contributed by atoms with Gasteiger partial charge in [-0.2, -0.15) is 0 Å². The predicted molar refractivity (Wildman–Crippen MR) is 85.0 cm³/mol. The summed E-state index contributed by atoms with van der Waals surface area (Å²) in [5.74, 6) is -0.743. The molecule has 1 heterocycles. The van der Waals surface area contributed by atoms with Crippen LogP contribution in [0.1, 0.15) is 25.4 Å². The molecule has 0 saturated carbocycles. The van der Waals surface area contributed by atoms with Crippen LogP contribution in [-0.4, -0.2) is 24.0 Å². The third kappa shape index (κ3) is 7.16. The number of carbonyl (C=O) groups is 4. The Hall–Kier alpha value is -3.36. The highest BCUT2D eigenvalue weighted by Gasteiger charge is 2.12. The van der Waals surface area contributed by atoms with Crippen molar-refractivity contribution in [1.82, 2.24) is 10.6 Å². The van der Waals surface area contributed by atoms with Crippen molar-refractivity contribution in [2.45, 2.75) is 27.1 Å². The zero-order valence-electron chi connectivity index (χ0n) is 13.8. The first-order valence-corrected chi connectivity index (χ1v) is 7.04. The quantitative estimate of drug-likeness (QED) is 0.751. The van der Waals surface area contributed by atoms with Crippen LogP contribution in [-0.2, 0) is 32.3 Å². The normalized spacial score (nSPS) is 9.68. The average Bonchev–Trinajstić information content (AvgIpc) is 2.98. The molecule has 9 nitrogen and oxygen atoms in total. The zero-order chi connectivity index (χ0) is 19.0. The Labute approximate surface area is 143 Å². The Morgan fingerprint density at radius 2 is 1.24 bits per heavy atom. The first-order chi connectivity index (χ1) is 11.7. The van der Waals surface area contributed by atoms with Gasteiger partial charge in [0.25, 0.3) is 11.8 Å². The lowest BCUT2D eigenvalue weighted by molar-refractivity contribution is -0.117. The molecule has 2 N–H and O–H groups in total.